The maximum atomic E-state index is 11.5. The van der Waals surface area contributed by atoms with Crippen LogP contribution < -0.4 is 10.6 Å². The van der Waals surface area contributed by atoms with E-state index in [0.717, 1.165) is 41.0 Å². The molecule has 1 aliphatic carbocycles. The SMILES string of the molecule is O=C1NC2CCC(c3c(Cl)cccc3-c3cncnc3)CC2N1. The number of aromatic nitrogens is 2. The lowest BCUT2D eigenvalue weighted by atomic mass is 9.77. The summed E-state index contributed by atoms with van der Waals surface area (Å²) in [6.45, 7) is 0. The van der Waals surface area contributed by atoms with E-state index in [1.54, 1.807) is 0 Å². The maximum Gasteiger partial charge on any atom is 0.315 e. The molecule has 1 aromatic heterocycles. The molecule has 2 fully saturated rings. The van der Waals surface area contributed by atoms with Crippen molar-refractivity contribution in [2.75, 3.05) is 0 Å². The van der Waals surface area contributed by atoms with E-state index in [-0.39, 0.29) is 18.1 Å². The van der Waals surface area contributed by atoms with Gasteiger partial charge in [0.2, 0.25) is 0 Å². The highest BCUT2D eigenvalue weighted by atomic mass is 35.5. The molecule has 2 heterocycles. The minimum Gasteiger partial charge on any atom is -0.333 e. The predicted octanol–water partition coefficient (Wildman–Crippen LogP) is 3.11. The molecule has 0 radical (unpaired) electrons. The molecule has 1 saturated carbocycles. The van der Waals surface area contributed by atoms with Crippen molar-refractivity contribution in [1.29, 1.82) is 0 Å². The smallest absolute Gasteiger partial charge is 0.315 e. The first-order chi connectivity index (χ1) is 11.2. The molecule has 0 bridgehead atoms. The summed E-state index contributed by atoms with van der Waals surface area (Å²) < 4.78 is 0. The molecule has 0 spiro atoms. The molecule has 2 aliphatic rings. The van der Waals surface area contributed by atoms with Crippen molar-refractivity contribution < 1.29 is 4.79 Å². The van der Waals surface area contributed by atoms with E-state index in [1.807, 2.05) is 24.5 Å². The number of halogens is 1. The number of rotatable bonds is 2. The zero-order valence-electron chi connectivity index (χ0n) is 12.5. The lowest BCUT2D eigenvalue weighted by molar-refractivity contribution is 0.247. The first-order valence-corrected chi connectivity index (χ1v) is 8.21. The number of urea groups is 1. The number of fused-ring (bicyclic) bond motifs is 1. The quantitative estimate of drug-likeness (QED) is 0.890. The van der Waals surface area contributed by atoms with Crippen molar-refractivity contribution >= 4 is 17.6 Å². The average molecular weight is 329 g/mol. The van der Waals surface area contributed by atoms with Crippen LogP contribution in [0.5, 0.6) is 0 Å². The summed E-state index contributed by atoms with van der Waals surface area (Å²) in [6, 6.07) is 6.32. The van der Waals surface area contributed by atoms with Gasteiger partial charge in [-0.05, 0) is 42.4 Å². The van der Waals surface area contributed by atoms with Gasteiger partial charge in [0, 0.05) is 23.0 Å². The van der Waals surface area contributed by atoms with Crippen molar-refractivity contribution in [3.63, 3.8) is 0 Å². The summed E-state index contributed by atoms with van der Waals surface area (Å²) >= 11 is 6.54. The number of carbonyl (C=O) groups is 1. The Labute approximate surface area is 139 Å². The molecule has 4 rings (SSSR count). The minimum atomic E-state index is -0.0588. The molecule has 2 aromatic rings. The predicted molar refractivity (Wildman–Crippen MR) is 88.3 cm³/mol. The third-order valence-corrected chi connectivity index (χ3v) is 5.15. The van der Waals surface area contributed by atoms with Crippen LogP contribution in [0.4, 0.5) is 4.79 Å². The third-order valence-electron chi connectivity index (χ3n) is 4.82. The number of nitrogens with zero attached hydrogens (tertiary/aromatic N) is 2. The fourth-order valence-corrected chi connectivity index (χ4v) is 4.11. The lowest BCUT2D eigenvalue weighted by Crippen LogP contribution is -2.39. The van der Waals surface area contributed by atoms with Crippen molar-refractivity contribution in [2.24, 2.45) is 0 Å². The topological polar surface area (TPSA) is 66.9 Å². The van der Waals surface area contributed by atoms with E-state index in [1.165, 1.54) is 6.33 Å². The summed E-state index contributed by atoms with van der Waals surface area (Å²) in [7, 11) is 0. The second kappa shape index (κ2) is 5.81. The Morgan fingerprint density at radius 3 is 2.70 bits per heavy atom. The number of benzene rings is 1. The summed E-state index contributed by atoms with van der Waals surface area (Å²) in [5, 5.41) is 6.77. The van der Waals surface area contributed by atoms with Gasteiger partial charge in [-0.25, -0.2) is 14.8 Å². The summed E-state index contributed by atoms with van der Waals surface area (Å²) in [4.78, 5) is 19.8. The summed E-state index contributed by atoms with van der Waals surface area (Å²) in [6.07, 6.45) is 8.02. The van der Waals surface area contributed by atoms with E-state index in [0.29, 0.717) is 5.92 Å². The second-order valence-corrected chi connectivity index (χ2v) is 6.58. The molecule has 1 saturated heterocycles. The molecule has 2 amide bonds. The normalized spacial score (nSPS) is 26.3. The van der Waals surface area contributed by atoms with Crippen LogP contribution in [0.2, 0.25) is 5.02 Å². The molecule has 1 aromatic carbocycles. The van der Waals surface area contributed by atoms with Crippen LogP contribution in [0.1, 0.15) is 30.7 Å². The molecule has 118 valence electrons. The van der Waals surface area contributed by atoms with Crippen LogP contribution in [-0.2, 0) is 0 Å². The first-order valence-electron chi connectivity index (χ1n) is 7.83. The molecular weight excluding hydrogens is 312 g/mol. The van der Waals surface area contributed by atoms with E-state index >= 15 is 0 Å². The van der Waals surface area contributed by atoms with E-state index < -0.39 is 0 Å². The monoisotopic (exact) mass is 328 g/mol. The van der Waals surface area contributed by atoms with Gasteiger partial charge in [-0.2, -0.15) is 0 Å². The van der Waals surface area contributed by atoms with Gasteiger partial charge >= 0.3 is 6.03 Å². The number of nitrogens with one attached hydrogen (secondary N) is 2. The molecule has 23 heavy (non-hydrogen) atoms. The van der Waals surface area contributed by atoms with Crippen LogP contribution in [0.3, 0.4) is 0 Å². The molecule has 2 N–H and O–H groups in total. The van der Waals surface area contributed by atoms with E-state index in [9.17, 15) is 4.79 Å². The lowest BCUT2D eigenvalue weighted by Gasteiger charge is -2.32. The largest absolute Gasteiger partial charge is 0.333 e. The van der Waals surface area contributed by atoms with E-state index in [4.69, 9.17) is 11.6 Å². The average Bonchev–Trinajstić information content (AvgIpc) is 2.94. The third kappa shape index (κ3) is 2.65. The Morgan fingerprint density at radius 1 is 1.09 bits per heavy atom. The summed E-state index contributed by atoms with van der Waals surface area (Å²) in [5.74, 6) is 0.320. The molecular formula is C17H17ClN4O. The van der Waals surface area contributed by atoms with Crippen molar-refractivity contribution in [1.82, 2.24) is 20.6 Å². The van der Waals surface area contributed by atoms with Crippen molar-refractivity contribution in [2.45, 2.75) is 37.3 Å². The Hall–Kier alpha value is -2.14. The zero-order valence-corrected chi connectivity index (χ0v) is 13.3. The maximum absolute atomic E-state index is 11.5. The first kappa shape index (κ1) is 14.5. The summed E-state index contributed by atoms with van der Waals surface area (Å²) in [5.41, 5.74) is 3.20. The van der Waals surface area contributed by atoms with Gasteiger partial charge in [-0.3, -0.25) is 0 Å². The van der Waals surface area contributed by atoms with E-state index in [2.05, 4.69) is 26.7 Å². The fourth-order valence-electron chi connectivity index (χ4n) is 3.79. The number of hydrogen-bond acceptors (Lipinski definition) is 3. The van der Waals surface area contributed by atoms with Crippen LogP contribution in [-0.4, -0.2) is 28.1 Å². The van der Waals surface area contributed by atoms with Gasteiger partial charge in [-0.1, -0.05) is 23.7 Å². The van der Waals surface area contributed by atoms with Crippen molar-refractivity contribution in [3.8, 4) is 11.1 Å². The van der Waals surface area contributed by atoms with Crippen LogP contribution in [0.15, 0.2) is 36.9 Å². The van der Waals surface area contributed by atoms with Crippen LogP contribution in [0, 0.1) is 0 Å². The fraction of sp³-hybridized carbons (Fsp3) is 0.353. The number of hydrogen-bond donors (Lipinski definition) is 2. The number of carbonyl (C=O) groups excluding carboxylic acids is 1. The highest BCUT2D eigenvalue weighted by Crippen LogP contribution is 2.42. The highest BCUT2D eigenvalue weighted by Gasteiger charge is 2.38. The Kier molecular flexibility index (Phi) is 3.65. The zero-order chi connectivity index (χ0) is 15.8. The molecule has 6 heteroatoms. The number of amides is 2. The minimum absolute atomic E-state index is 0.0588. The standard InChI is InChI=1S/C17H17ClN4O/c18-13-3-1-2-12(11-7-19-9-20-8-11)16(13)10-4-5-14-15(6-10)22-17(23)21-14/h1-3,7-10,14-15H,4-6H2,(H2,21,22,23). The van der Waals surface area contributed by atoms with Gasteiger partial charge in [0.15, 0.2) is 0 Å². The molecule has 1 aliphatic heterocycles. The second-order valence-electron chi connectivity index (χ2n) is 6.17. The van der Waals surface area contributed by atoms with Gasteiger partial charge < -0.3 is 10.6 Å². The Morgan fingerprint density at radius 2 is 1.87 bits per heavy atom. The van der Waals surface area contributed by atoms with Gasteiger partial charge in [0.1, 0.15) is 6.33 Å². The van der Waals surface area contributed by atoms with Crippen molar-refractivity contribution in [3.05, 3.63) is 47.5 Å². The Balaban J connectivity index is 1.70. The molecule has 3 atom stereocenters. The van der Waals surface area contributed by atoms with Gasteiger partial charge in [-0.15, -0.1) is 0 Å². The van der Waals surface area contributed by atoms with Gasteiger partial charge in [0.05, 0.1) is 12.1 Å². The molecule has 3 unspecified atom stereocenters. The molecule has 5 nitrogen and oxygen atoms in total. The van der Waals surface area contributed by atoms with Crippen LogP contribution >= 0.6 is 11.6 Å². The highest BCUT2D eigenvalue weighted by molar-refractivity contribution is 6.31. The Bertz CT molecular complexity index is 737. The van der Waals surface area contributed by atoms with Gasteiger partial charge in [0.25, 0.3) is 0 Å². The van der Waals surface area contributed by atoms with Crippen LogP contribution in [0.25, 0.3) is 11.1 Å².